The maximum absolute atomic E-state index is 9.29. The zero-order valence-corrected chi connectivity index (χ0v) is 9.04. The molecule has 0 saturated carbocycles. The molecule has 0 unspecified atom stereocenters. The fourth-order valence-electron chi connectivity index (χ4n) is 0.583. The Balaban J connectivity index is 2.74. The minimum atomic E-state index is -0.365. The molecule has 0 aliphatic carbocycles. The standard InChI is InChI=1S/C6H6Br2OS/c7-3-4(9)5-1-2-6(8)10-5/h1-2,4,9H,3H2/t4-/m0/s1. The third kappa shape index (κ3) is 2.05. The molecule has 0 spiro atoms. The van der Waals surface area contributed by atoms with E-state index in [0.717, 1.165) is 8.66 Å². The molecule has 0 bridgehead atoms. The fourth-order valence-corrected chi connectivity index (χ4v) is 2.56. The molecule has 4 heteroatoms. The Hall–Kier alpha value is 0.620. The lowest BCUT2D eigenvalue weighted by Gasteiger charge is -2.00. The van der Waals surface area contributed by atoms with E-state index in [4.69, 9.17) is 0 Å². The quantitative estimate of drug-likeness (QED) is 0.829. The maximum atomic E-state index is 9.29. The Morgan fingerprint density at radius 2 is 2.30 bits per heavy atom. The van der Waals surface area contributed by atoms with E-state index >= 15 is 0 Å². The topological polar surface area (TPSA) is 20.2 Å². The predicted octanol–water partition coefficient (Wildman–Crippen LogP) is 2.94. The van der Waals surface area contributed by atoms with Crippen LogP contribution in [0.5, 0.6) is 0 Å². The van der Waals surface area contributed by atoms with E-state index in [-0.39, 0.29) is 6.10 Å². The molecule has 0 aliphatic heterocycles. The first kappa shape index (κ1) is 8.71. The van der Waals surface area contributed by atoms with Gasteiger partial charge in [-0.25, -0.2) is 0 Å². The first-order valence-electron chi connectivity index (χ1n) is 2.73. The van der Waals surface area contributed by atoms with E-state index in [1.807, 2.05) is 12.1 Å². The molecule has 1 aromatic heterocycles. The second kappa shape index (κ2) is 3.85. The summed E-state index contributed by atoms with van der Waals surface area (Å²) in [4.78, 5) is 0.990. The summed E-state index contributed by atoms with van der Waals surface area (Å²) in [5, 5.41) is 9.88. The van der Waals surface area contributed by atoms with Crippen LogP contribution in [0.3, 0.4) is 0 Å². The Morgan fingerprint density at radius 1 is 1.60 bits per heavy atom. The van der Waals surface area contributed by atoms with Gasteiger partial charge >= 0.3 is 0 Å². The fraction of sp³-hybridized carbons (Fsp3) is 0.333. The third-order valence-electron chi connectivity index (χ3n) is 1.07. The van der Waals surface area contributed by atoms with Gasteiger partial charge in [-0.15, -0.1) is 11.3 Å². The number of hydrogen-bond acceptors (Lipinski definition) is 2. The Kier molecular flexibility index (Phi) is 3.36. The van der Waals surface area contributed by atoms with Gasteiger partial charge in [-0.3, -0.25) is 0 Å². The highest BCUT2D eigenvalue weighted by molar-refractivity contribution is 9.11. The normalized spacial score (nSPS) is 13.5. The molecule has 0 aliphatic rings. The van der Waals surface area contributed by atoms with Crippen molar-refractivity contribution in [3.8, 4) is 0 Å². The number of aliphatic hydroxyl groups excluding tert-OH is 1. The largest absolute Gasteiger partial charge is 0.387 e. The minimum Gasteiger partial charge on any atom is -0.387 e. The van der Waals surface area contributed by atoms with E-state index in [9.17, 15) is 5.11 Å². The Labute approximate surface area is 80.3 Å². The summed E-state index contributed by atoms with van der Waals surface area (Å²) in [6, 6.07) is 3.85. The van der Waals surface area contributed by atoms with Crippen molar-refractivity contribution in [1.29, 1.82) is 0 Å². The monoisotopic (exact) mass is 284 g/mol. The van der Waals surface area contributed by atoms with E-state index in [1.54, 1.807) is 11.3 Å². The minimum absolute atomic E-state index is 0.365. The molecule has 1 rings (SSSR count). The van der Waals surface area contributed by atoms with Gasteiger partial charge in [0.2, 0.25) is 0 Å². The molecular formula is C6H6Br2OS. The van der Waals surface area contributed by atoms with Crippen LogP contribution in [0.4, 0.5) is 0 Å². The summed E-state index contributed by atoms with van der Waals surface area (Å²) in [6.07, 6.45) is -0.365. The molecule has 0 amide bonds. The van der Waals surface area contributed by atoms with E-state index < -0.39 is 0 Å². The molecule has 0 fully saturated rings. The summed E-state index contributed by atoms with van der Waals surface area (Å²) in [7, 11) is 0. The van der Waals surface area contributed by atoms with Gasteiger partial charge in [-0.1, -0.05) is 15.9 Å². The van der Waals surface area contributed by atoms with Crippen molar-refractivity contribution in [2.24, 2.45) is 0 Å². The van der Waals surface area contributed by atoms with Crippen LogP contribution in [0.1, 0.15) is 11.0 Å². The molecule has 0 radical (unpaired) electrons. The average Bonchev–Trinajstić information content (AvgIpc) is 2.34. The highest BCUT2D eigenvalue weighted by Crippen LogP contribution is 2.27. The van der Waals surface area contributed by atoms with Crippen LogP contribution in [-0.4, -0.2) is 10.4 Å². The number of rotatable bonds is 2. The molecule has 56 valence electrons. The van der Waals surface area contributed by atoms with Gasteiger partial charge in [0.1, 0.15) is 0 Å². The zero-order valence-electron chi connectivity index (χ0n) is 5.05. The lowest BCUT2D eigenvalue weighted by Crippen LogP contribution is -1.93. The molecule has 0 saturated heterocycles. The number of halogens is 2. The summed E-state index contributed by atoms with van der Waals surface area (Å²) in [6.45, 7) is 0. The van der Waals surface area contributed by atoms with Gasteiger partial charge in [-0.05, 0) is 28.1 Å². The summed E-state index contributed by atoms with van der Waals surface area (Å²) in [5.41, 5.74) is 0. The van der Waals surface area contributed by atoms with Crippen molar-refractivity contribution in [2.75, 3.05) is 5.33 Å². The lowest BCUT2D eigenvalue weighted by molar-refractivity contribution is 0.209. The van der Waals surface area contributed by atoms with Crippen molar-refractivity contribution in [1.82, 2.24) is 0 Å². The van der Waals surface area contributed by atoms with Gasteiger partial charge in [0.25, 0.3) is 0 Å². The molecule has 1 aromatic rings. The van der Waals surface area contributed by atoms with Crippen LogP contribution in [0.25, 0.3) is 0 Å². The van der Waals surface area contributed by atoms with Crippen LogP contribution in [0.15, 0.2) is 15.9 Å². The number of alkyl halides is 1. The van der Waals surface area contributed by atoms with Crippen molar-refractivity contribution < 1.29 is 5.11 Å². The highest BCUT2D eigenvalue weighted by Gasteiger charge is 2.06. The molecule has 0 aromatic carbocycles. The van der Waals surface area contributed by atoms with Crippen molar-refractivity contribution in [2.45, 2.75) is 6.10 Å². The van der Waals surface area contributed by atoms with Crippen LogP contribution in [-0.2, 0) is 0 Å². The van der Waals surface area contributed by atoms with Crippen molar-refractivity contribution >= 4 is 43.2 Å². The van der Waals surface area contributed by atoms with E-state index in [1.165, 1.54) is 0 Å². The Bertz CT molecular complexity index is 211. The zero-order chi connectivity index (χ0) is 7.56. The third-order valence-corrected chi connectivity index (χ3v) is 3.41. The number of hydrogen-bond donors (Lipinski definition) is 1. The lowest BCUT2D eigenvalue weighted by atomic mass is 10.3. The van der Waals surface area contributed by atoms with Crippen LogP contribution < -0.4 is 0 Å². The van der Waals surface area contributed by atoms with Crippen LogP contribution >= 0.6 is 43.2 Å². The van der Waals surface area contributed by atoms with Crippen molar-refractivity contribution in [3.63, 3.8) is 0 Å². The van der Waals surface area contributed by atoms with Gasteiger partial charge in [-0.2, -0.15) is 0 Å². The SMILES string of the molecule is O[C@@H](CBr)c1ccc(Br)s1. The smallest absolute Gasteiger partial charge is 0.0978 e. The van der Waals surface area contributed by atoms with Gasteiger partial charge < -0.3 is 5.11 Å². The maximum Gasteiger partial charge on any atom is 0.0978 e. The van der Waals surface area contributed by atoms with E-state index in [0.29, 0.717) is 5.33 Å². The molecule has 1 N–H and O–H groups in total. The first-order valence-corrected chi connectivity index (χ1v) is 5.46. The summed E-state index contributed by atoms with van der Waals surface area (Å²) >= 11 is 8.08. The van der Waals surface area contributed by atoms with Crippen LogP contribution in [0.2, 0.25) is 0 Å². The molecular weight excluding hydrogens is 280 g/mol. The molecule has 1 heterocycles. The second-order valence-corrected chi connectivity index (χ2v) is 4.95. The highest BCUT2D eigenvalue weighted by atomic mass is 79.9. The van der Waals surface area contributed by atoms with Gasteiger partial charge in [0.05, 0.1) is 9.89 Å². The Morgan fingerprint density at radius 3 is 2.70 bits per heavy atom. The molecule has 10 heavy (non-hydrogen) atoms. The van der Waals surface area contributed by atoms with Crippen molar-refractivity contribution in [3.05, 3.63) is 20.8 Å². The summed E-state index contributed by atoms with van der Waals surface area (Å²) < 4.78 is 1.06. The number of thiophene rings is 1. The first-order chi connectivity index (χ1) is 4.74. The predicted molar refractivity (Wildman–Crippen MR) is 50.8 cm³/mol. The van der Waals surface area contributed by atoms with Gasteiger partial charge in [0, 0.05) is 10.2 Å². The second-order valence-electron chi connectivity index (χ2n) is 1.81. The average molecular weight is 286 g/mol. The summed E-state index contributed by atoms with van der Waals surface area (Å²) in [5.74, 6) is 0. The van der Waals surface area contributed by atoms with Crippen LogP contribution in [0, 0.1) is 0 Å². The van der Waals surface area contributed by atoms with E-state index in [2.05, 4.69) is 31.9 Å². The van der Waals surface area contributed by atoms with Gasteiger partial charge in [0.15, 0.2) is 0 Å². The molecule has 1 atom stereocenters. The molecule has 1 nitrogen and oxygen atoms in total. The number of aliphatic hydroxyl groups is 1.